The zero-order valence-corrected chi connectivity index (χ0v) is 14.7. The smallest absolute Gasteiger partial charge is 0.342 e. The third kappa shape index (κ3) is 3.28. The standard InChI is InChI=1S/C19H13F5O4/c1-3-26-19(25)13-8(2)28-12-5-4-9(6-10(12)13)27-7-11-14(20)16(22)18(24)17(23)15(11)21/h4-6H,3,7H2,1-2H3. The Balaban J connectivity index is 1.94. The van der Waals surface area contributed by atoms with Gasteiger partial charge in [0.1, 0.15) is 29.3 Å². The quantitative estimate of drug-likeness (QED) is 0.256. The number of hydrogen-bond acceptors (Lipinski definition) is 4. The van der Waals surface area contributed by atoms with Crippen molar-refractivity contribution in [3.63, 3.8) is 0 Å². The number of benzene rings is 2. The monoisotopic (exact) mass is 400 g/mol. The van der Waals surface area contributed by atoms with E-state index < -0.39 is 47.2 Å². The summed E-state index contributed by atoms with van der Waals surface area (Å²) in [7, 11) is 0. The lowest BCUT2D eigenvalue weighted by molar-refractivity contribution is 0.0526. The van der Waals surface area contributed by atoms with Crippen molar-refractivity contribution in [3.05, 3.63) is 64.2 Å². The third-order valence-corrected chi connectivity index (χ3v) is 4.00. The van der Waals surface area contributed by atoms with E-state index in [9.17, 15) is 26.7 Å². The van der Waals surface area contributed by atoms with Gasteiger partial charge < -0.3 is 13.9 Å². The summed E-state index contributed by atoms with van der Waals surface area (Å²) >= 11 is 0. The number of carbonyl (C=O) groups is 1. The van der Waals surface area contributed by atoms with Gasteiger partial charge in [-0.05, 0) is 32.0 Å². The van der Waals surface area contributed by atoms with E-state index in [2.05, 4.69) is 0 Å². The number of carbonyl (C=O) groups excluding carboxylic acids is 1. The summed E-state index contributed by atoms with van der Waals surface area (Å²) in [4.78, 5) is 12.1. The second-order valence-electron chi connectivity index (χ2n) is 5.75. The lowest BCUT2D eigenvalue weighted by atomic mass is 10.1. The molecule has 0 radical (unpaired) electrons. The number of rotatable bonds is 5. The molecule has 0 fully saturated rings. The van der Waals surface area contributed by atoms with Gasteiger partial charge in [0.15, 0.2) is 23.3 Å². The lowest BCUT2D eigenvalue weighted by Gasteiger charge is -2.10. The van der Waals surface area contributed by atoms with Crippen LogP contribution in [0.3, 0.4) is 0 Å². The molecule has 1 aromatic heterocycles. The molecule has 0 bridgehead atoms. The number of hydrogen-bond donors (Lipinski definition) is 0. The second kappa shape index (κ2) is 7.49. The van der Waals surface area contributed by atoms with Gasteiger partial charge in [-0.25, -0.2) is 26.7 Å². The Morgan fingerprint density at radius 2 is 1.61 bits per heavy atom. The molecule has 0 saturated carbocycles. The van der Waals surface area contributed by atoms with Gasteiger partial charge in [0.2, 0.25) is 5.82 Å². The Labute approximate surface area is 155 Å². The van der Waals surface area contributed by atoms with Crippen LogP contribution in [0.1, 0.15) is 28.6 Å². The van der Waals surface area contributed by atoms with Gasteiger partial charge in [-0.1, -0.05) is 0 Å². The molecule has 0 spiro atoms. The minimum atomic E-state index is -2.24. The van der Waals surface area contributed by atoms with Crippen LogP contribution in [0, 0.1) is 36.0 Å². The van der Waals surface area contributed by atoms with Gasteiger partial charge >= 0.3 is 5.97 Å². The Hall–Kier alpha value is -3.10. The van der Waals surface area contributed by atoms with Crippen LogP contribution in [0.5, 0.6) is 5.75 Å². The maximum Gasteiger partial charge on any atom is 0.342 e. The van der Waals surface area contributed by atoms with Crippen LogP contribution >= 0.6 is 0 Å². The average molecular weight is 400 g/mol. The number of halogens is 5. The molecule has 0 atom stereocenters. The molecule has 0 aliphatic rings. The molecule has 0 aliphatic carbocycles. The van der Waals surface area contributed by atoms with Gasteiger partial charge in [0.05, 0.1) is 12.2 Å². The predicted octanol–water partition coefficient (Wildman–Crippen LogP) is 5.19. The molecule has 148 valence electrons. The SMILES string of the molecule is CCOC(=O)c1c(C)oc2ccc(OCc3c(F)c(F)c(F)c(F)c3F)cc12. The number of aryl methyl sites for hydroxylation is 1. The van der Waals surface area contributed by atoms with E-state index in [1.807, 2.05) is 0 Å². The highest BCUT2D eigenvalue weighted by molar-refractivity contribution is 6.04. The minimum absolute atomic E-state index is 0.0304. The molecule has 0 N–H and O–H groups in total. The molecule has 3 rings (SSSR count). The van der Waals surface area contributed by atoms with Crippen molar-refractivity contribution in [1.29, 1.82) is 0 Å². The summed E-state index contributed by atoms with van der Waals surface area (Å²) in [6, 6.07) is 4.16. The summed E-state index contributed by atoms with van der Waals surface area (Å²) in [5, 5.41) is 0.325. The van der Waals surface area contributed by atoms with E-state index in [1.165, 1.54) is 18.2 Å². The number of furan rings is 1. The maximum absolute atomic E-state index is 13.7. The first-order chi connectivity index (χ1) is 13.3. The van der Waals surface area contributed by atoms with E-state index in [1.54, 1.807) is 13.8 Å². The van der Waals surface area contributed by atoms with Crippen molar-refractivity contribution < 1.29 is 40.6 Å². The topological polar surface area (TPSA) is 48.7 Å². The zero-order valence-electron chi connectivity index (χ0n) is 14.7. The Kier molecular flexibility index (Phi) is 5.26. The molecule has 28 heavy (non-hydrogen) atoms. The van der Waals surface area contributed by atoms with Crippen molar-refractivity contribution in [2.45, 2.75) is 20.5 Å². The largest absolute Gasteiger partial charge is 0.489 e. The fourth-order valence-electron chi connectivity index (χ4n) is 2.68. The highest BCUT2D eigenvalue weighted by Gasteiger charge is 2.26. The van der Waals surface area contributed by atoms with Gasteiger partial charge in [-0.15, -0.1) is 0 Å². The highest BCUT2D eigenvalue weighted by atomic mass is 19.2. The molecular formula is C19H13F5O4. The Bertz CT molecular complexity index is 1050. The Morgan fingerprint density at radius 3 is 2.21 bits per heavy atom. The van der Waals surface area contributed by atoms with Gasteiger partial charge in [0.25, 0.3) is 0 Å². The maximum atomic E-state index is 13.7. The van der Waals surface area contributed by atoms with E-state index in [-0.39, 0.29) is 17.9 Å². The van der Waals surface area contributed by atoms with Crippen molar-refractivity contribution in [3.8, 4) is 5.75 Å². The van der Waals surface area contributed by atoms with Gasteiger partial charge in [0, 0.05) is 5.39 Å². The second-order valence-corrected chi connectivity index (χ2v) is 5.75. The predicted molar refractivity (Wildman–Crippen MR) is 87.5 cm³/mol. The number of fused-ring (bicyclic) bond motifs is 1. The van der Waals surface area contributed by atoms with Crippen molar-refractivity contribution in [2.75, 3.05) is 6.61 Å². The summed E-state index contributed by atoms with van der Waals surface area (Å²) in [5.74, 6) is -10.6. The van der Waals surface area contributed by atoms with Crippen LogP contribution < -0.4 is 4.74 Å². The molecule has 1 heterocycles. The molecule has 9 heteroatoms. The fraction of sp³-hybridized carbons (Fsp3) is 0.211. The first kappa shape index (κ1) is 19.7. The van der Waals surface area contributed by atoms with Crippen molar-refractivity contribution in [2.24, 2.45) is 0 Å². The first-order valence-electron chi connectivity index (χ1n) is 8.09. The van der Waals surface area contributed by atoms with Gasteiger partial charge in [-0.2, -0.15) is 0 Å². The van der Waals surface area contributed by atoms with E-state index in [0.717, 1.165) is 0 Å². The Morgan fingerprint density at radius 1 is 1.00 bits per heavy atom. The van der Waals surface area contributed by atoms with Crippen LogP contribution in [0.15, 0.2) is 22.6 Å². The fourth-order valence-corrected chi connectivity index (χ4v) is 2.68. The summed E-state index contributed by atoms with van der Waals surface area (Å²) in [5.41, 5.74) is -0.617. The van der Waals surface area contributed by atoms with Crippen LogP contribution in [0.25, 0.3) is 11.0 Å². The van der Waals surface area contributed by atoms with Crippen LogP contribution in [0.2, 0.25) is 0 Å². The van der Waals surface area contributed by atoms with E-state index in [0.29, 0.717) is 16.7 Å². The van der Waals surface area contributed by atoms with Crippen molar-refractivity contribution in [1.82, 2.24) is 0 Å². The number of esters is 1. The van der Waals surface area contributed by atoms with E-state index in [4.69, 9.17) is 13.9 Å². The van der Waals surface area contributed by atoms with E-state index >= 15 is 0 Å². The average Bonchev–Trinajstić information content (AvgIpc) is 3.00. The normalized spacial score (nSPS) is 11.1. The molecule has 4 nitrogen and oxygen atoms in total. The number of ether oxygens (including phenoxy) is 2. The summed E-state index contributed by atoms with van der Waals surface area (Å²) < 4.78 is 82.7. The molecule has 3 aromatic rings. The molecule has 0 aliphatic heterocycles. The zero-order chi connectivity index (χ0) is 20.6. The van der Waals surface area contributed by atoms with Crippen LogP contribution in [-0.4, -0.2) is 12.6 Å². The molecule has 2 aromatic carbocycles. The summed E-state index contributed by atoms with van der Waals surface area (Å²) in [6.07, 6.45) is 0. The van der Waals surface area contributed by atoms with Crippen molar-refractivity contribution >= 4 is 16.9 Å². The molecular weight excluding hydrogens is 387 g/mol. The van der Waals surface area contributed by atoms with Gasteiger partial charge in [-0.3, -0.25) is 0 Å². The summed E-state index contributed by atoms with van der Waals surface area (Å²) in [6.45, 7) is 2.42. The van der Waals surface area contributed by atoms with Crippen LogP contribution in [0.4, 0.5) is 22.0 Å². The third-order valence-electron chi connectivity index (χ3n) is 4.00. The molecule has 0 amide bonds. The lowest BCUT2D eigenvalue weighted by Crippen LogP contribution is -2.10. The van der Waals surface area contributed by atoms with Crippen LogP contribution in [-0.2, 0) is 11.3 Å². The highest BCUT2D eigenvalue weighted by Crippen LogP contribution is 2.31. The molecule has 0 unspecified atom stereocenters. The minimum Gasteiger partial charge on any atom is -0.489 e. The molecule has 0 saturated heterocycles. The first-order valence-corrected chi connectivity index (χ1v) is 8.09.